The maximum absolute atomic E-state index is 12.5. The molecule has 2 amide bonds. The van der Waals surface area contributed by atoms with Gasteiger partial charge in [-0.15, -0.1) is 0 Å². The molecule has 1 N–H and O–H groups in total. The number of carbonyl (C=O) groups excluding carboxylic acids is 1. The first-order valence-electron chi connectivity index (χ1n) is 7.06. The van der Waals surface area contributed by atoms with Crippen LogP contribution in [0.2, 0.25) is 0 Å². The Kier molecular flexibility index (Phi) is 3.56. The molecule has 1 unspecified atom stereocenters. The first kappa shape index (κ1) is 13.5. The molecule has 1 aliphatic heterocycles. The summed E-state index contributed by atoms with van der Waals surface area (Å²) < 4.78 is 7.46. The standard InChI is InChI=1S/C16H19N3O2/c1-12-14-7-5-9-18(14)10-11-19(12)16(20)17-13-6-3-4-8-15(13)21-2/h3-9,12H,10-11H2,1-2H3,(H,17,20). The molecule has 2 heterocycles. The zero-order valence-corrected chi connectivity index (χ0v) is 12.2. The molecule has 1 aromatic carbocycles. The van der Waals surface area contributed by atoms with Gasteiger partial charge in [0, 0.05) is 25.0 Å². The number of aromatic nitrogens is 1. The predicted molar refractivity (Wildman–Crippen MR) is 81.6 cm³/mol. The normalized spacial score (nSPS) is 17.2. The minimum atomic E-state index is -0.0977. The third-order valence-electron chi connectivity index (χ3n) is 3.95. The Morgan fingerprint density at radius 2 is 2.05 bits per heavy atom. The number of hydrogen-bond donors (Lipinski definition) is 1. The van der Waals surface area contributed by atoms with E-state index in [0.29, 0.717) is 18.0 Å². The number of para-hydroxylation sites is 2. The lowest BCUT2D eigenvalue weighted by Gasteiger charge is -2.35. The summed E-state index contributed by atoms with van der Waals surface area (Å²) >= 11 is 0. The predicted octanol–water partition coefficient (Wildman–Crippen LogP) is 3.11. The number of methoxy groups -OCH3 is 1. The van der Waals surface area contributed by atoms with E-state index in [1.165, 1.54) is 0 Å². The van der Waals surface area contributed by atoms with Gasteiger partial charge >= 0.3 is 6.03 Å². The van der Waals surface area contributed by atoms with E-state index in [1.807, 2.05) is 42.2 Å². The summed E-state index contributed by atoms with van der Waals surface area (Å²) in [6, 6.07) is 11.5. The summed E-state index contributed by atoms with van der Waals surface area (Å²) in [7, 11) is 1.60. The third kappa shape index (κ3) is 2.46. The lowest BCUT2D eigenvalue weighted by molar-refractivity contribution is 0.175. The van der Waals surface area contributed by atoms with Crippen LogP contribution < -0.4 is 10.1 Å². The first-order valence-corrected chi connectivity index (χ1v) is 7.06. The van der Waals surface area contributed by atoms with E-state index < -0.39 is 0 Å². The maximum atomic E-state index is 12.5. The van der Waals surface area contributed by atoms with Crippen molar-refractivity contribution < 1.29 is 9.53 Å². The molecule has 0 bridgehead atoms. The average Bonchev–Trinajstić information content (AvgIpc) is 2.97. The summed E-state index contributed by atoms with van der Waals surface area (Å²) in [5.41, 5.74) is 1.86. The van der Waals surface area contributed by atoms with Crippen molar-refractivity contribution in [1.29, 1.82) is 0 Å². The summed E-state index contributed by atoms with van der Waals surface area (Å²) in [6.07, 6.45) is 2.06. The number of nitrogens with one attached hydrogen (secondary N) is 1. The number of rotatable bonds is 2. The van der Waals surface area contributed by atoms with Crippen LogP contribution in [0.1, 0.15) is 18.7 Å². The van der Waals surface area contributed by atoms with Gasteiger partial charge in [0.15, 0.2) is 0 Å². The highest BCUT2D eigenvalue weighted by Gasteiger charge is 2.27. The van der Waals surface area contributed by atoms with Gasteiger partial charge in [0.05, 0.1) is 18.8 Å². The molecule has 1 atom stereocenters. The molecule has 5 nitrogen and oxygen atoms in total. The fourth-order valence-corrected chi connectivity index (χ4v) is 2.79. The number of nitrogens with zero attached hydrogens (tertiary/aromatic N) is 2. The van der Waals surface area contributed by atoms with E-state index in [2.05, 4.69) is 22.1 Å². The highest BCUT2D eigenvalue weighted by atomic mass is 16.5. The van der Waals surface area contributed by atoms with Crippen molar-refractivity contribution in [1.82, 2.24) is 9.47 Å². The van der Waals surface area contributed by atoms with E-state index in [1.54, 1.807) is 7.11 Å². The topological polar surface area (TPSA) is 46.5 Å². The van der Waals surface area contributed by atoms with E-state index in [4.69, 9.17) is 4.74 Å². The number of benzene rings is 1. The van der Waals surface area contributed by atoms with Crippen molar-refractivity contribution in [3.8, 4) is 5.75 Å². The van der Waals surface area contributed by atoms with E-state index in [0.717, 1.165) is 12.2 Å². The van der Waals surface area contributed by atoms with Crippen molar-refractivity contribution in [3.63, 3.8) is 0 Å². The smallest absolute Gasteiger partial charge is 0.322 e. The second-order valence-electron chi connectivity index (χ2n) is 5.13. The fourth-order valence-electron chi connectivity index (χ4n) is 2.79. The second kappa shape index (κ2) is 5.52. The van der Waals surface area contributed by atoms with Gasteiger partial charge in [0.1, 0.15) is 5.75 Å². The van der Waals surface area contributed by atoms with Crippen LogP contribution in [-0.4, -0.2) is 29.2 Å². The van der Waals surface area contributed by atoms with E-state index in [-0.39, 0.29) is 12.1 Å². The number of fused-ring (bicyclic) bond motifs is 1. The Morgan fingerprint density at radius 3 is 2.86 bits per heavy atom. The van der Waals surface area contributed by atoms with Crippen LogP contribution in [0.5, 0.6) is 5.75 Å². The summed E-state index contributed by atoms with van der Waals surface area (Å²) in [5, 5.41) is 2.94. The van der Waals surface area contributed by atoms with Gasteiger partial charge in [-0.3, -0.25) is 0 Å². The van der Waals surface area contributed by atoms with Gasteiger partial charge in [-0.25, -0.2) is 4.79 Å². The van der Waals surface area contributed by atoms with Crippen molar-refractivity contribution in [3.05, 3.63) is 48.3 Å². The van der Waals surface area contributed by atoms with Crippen LogP contribution >= 0.6 is 0 Å². The molecule has 0 saturated carbocycles. The Morgan fingerprint density at radius 1 is 1.24 bits per heavy atom. The Labute approximate surface area is 124 Å². The Hall–Kier alpha value is -2.43. The van der Waals surface area contributed by atoms with Crippen LogP contribution in [0.4, 0.5) is 10.5 Å². The molecule has 0 aliphatic carbocycles. The number of carbonyl (C=O) groups is 1. The number of hydrogen-bond acceptors (Lipinski definition) is 2. The van der Waals surface area contributed by atoms with Crippen LogP contribution in [0.25, 0.3) is 0 Å². The highest BCUT2D eigenvalue weighted by Crippen LogP contribution is 2.28. The summed E-state index contributed by atoms with van der Waals surface area (Å²) in [6.45, 7) is 3.57. The minimum absolute atomic E-state index is 0.0588. The molecule has 21 heavy (non-hydrogen) atoms. The molecule has 0 fully saturated rings. The summed E-state index contributed by atoms with van der Waals surface area (Å²) in [4.78, 5) is 14.4. The van der Waals surface area contributed by atoms with Gasteiger partial charge < -0.3 is 19.5 Å². The molecular formula is C16H19N3O2. The molecule has 3 rings (SSSR count). The lowest BCUT2D eigenvalue weighted by Crippen LogP contribution is -2.43. The van der Waals surface area contributed by atoms with E-state index >= 15 is 0 Å². The fraction of sp³-hybridized carbons (Fsp3) is 0.312. The van der Waals surface area contributed by atoms with Crippen LogP contribution in [0, 0.1) is 0 Å². The zero-order chi connectivity index (χ0) is 14.8. The van der Waals surface area contributed by atoms with E-state index in [9.17, 15) is 4.79 Å². The zero-order valence-electron chi connectivity index (χ0n) is 12.2. The molecular weight excluding hydrogens is 266 g/mol. The Balaban J connectivity index is 1.77. The van der Waals surface area contributed by atoms with Crippen LogP contribution in [0.3, 0.4) is 0 Å². The van der Waals surface area contributed by atoms with Gasteiger partial charge in [0.25, 0.3) is 0 Å². The minimum Gasteiger partial charge on any atom is -0.495 e. The van der Waals surface area contributed by atoms with Gasteiger partial charge in [-0.2, -0.15) is 0 Å². The van der Waals surface area contributed by atoms with Crippen molar-refractivity contribution >= 4 is 11.7 Å². The quantitative estimate of drug-likeness (QED) is 0.921. The second-order valence-corrected chi connectivity index (χ2v) is 5.13. The van der Waals surface area contributed by atoms with Gasteiger partial charge in [0.2, 0.25) is 0 Å². The maximum Gasteiger partial charge on any atom is 0.322 e. The average molecular weight is 285 g/mol. The molecule has 1 aromatic heterocycles. The molecule has 5 heteroatoms. The number of anilines is 1. The number of amides is 2. The molecule has 110 valence electrons. The molecule has 0 radical (unpaired) electrons. The van der Waals surface area contributed by atoms with Gasteiger partial charge in [-0.1, -0.05) is 12.1 Å². The third-order valence-corrected chi connectivity index (χ3v) is 3.95. The number of urea groups is 1. The molecule has 0 saturated heterocycles. The van der Waals surface area contributed by atoms with Crippen LogP contribution in [0.15, 0.2) is 42.6 Å². The SMILES string of the molecule is COc1ccccc1NC(=O)N1CCn2cccc2C1C. The van der Waals surface area contributed by atoms with Gasteiger partial charge in [-0.05, 0) is 31.2 Å². The van der Waals surface area contributed by atoms with Crippen molar-refractivity contribution in [2.45, 2.75) is 19.5 Å². The molecule has 2 aromatic rings. The largest absolute Gasteiger partial charge is 0.495 e. The first-order chi connectivity index (χ1) is 10.2. The van der Waals surface area contributed by atoms with Crippen molar-refractivity contribution in [2.75, 3.05) is 19.0 Å². The number of ether oxygens (including phenoxy) is 1. The monoisotopic (exact) mass is 285 g/mol. The highest BCUT2D eigenvalue weighted by molar-refractivity contribution is 5.91. The summed E-state index contributed by atoms with van der Waals surface area (Å²) in [5.74, 6) is 0.666. The van der Waals surface area contributed by atoms with Crippen LogP contribution in [-0.2, 0) is 6.54 Å². The molecule has 1 aliphatic rings. The molecule has 0 spiro atoms. The lowest BCUT2D eigenvalue weighted by atomic mass is 10.1. The Bertz CT molecular complexity index is 650. The van der Waals surface area contributed by atoms with Crippen molar-refractivity contribution in [2.24, 2.45) is 0 Å².